The van der Waals surface area contributed by atoms with Crippen LogP contribution in [0, 0.1) is 0 Å². The van der Waals surface area contributed by atoms with Crippen LogP contribution >= 0.6 is 0 Å². The number of rotatable bonds is 21. The molecule has 10 nitrogen and oxygen atoms in total. The van der Waals surface area contributed by atoms with Crippen LogP contribution in [0.4, 0.5) is 0 Å². The zero-order valence-corrected chi connectivity index (χ0v) is 18.3. The Labute approximate surface area is 179 Å². The van der Waals surface area contributed by atoms with Crippen molar-refractivity contribution in [1.29, 1.82) is 0 Å². The second-order valence-electron chi connectivity index (χ2n) is 6.55. The second-order valence-corrected chi connectivity index (χ2v) is 6.55. The monoisotopic (exact) mass is 437 g/mol. The minimum Gasteiger partial charge on any atom is -0.461 e. The number of hydrogen-bond acceptors (Lipinski definition) is 10. The van der Waals surface area contributed by atoms with Gasteiger partial charge in [-0.25, -0.2) is 4.79 Å². The molecule has 1 aliphatic rings. The first-order valence-electron chi connectivity index (χ1n) is 10.7. The number of piperidine rings is 1. The van der Waals surface area contributed by atoms with Crippen LogP contribution in [0.25, 0.3) is 0 Å². The highest BCUT2D eigenvalue weighted by atomic mass is 16.6. The Morgan fingerprint density at radius 2 is 1.07 bits per heavy atom. The lowest BCUT2D eigenvalue weighted by Gasteiger charge is -2.22. The Balaban J connectivity index is 1.69. The molecule has 0 radical (unpaired) electrons. The van der Waals surface area contributed by atoms with E-state index in [4.69, 9.17) is 37.9 Å². The van der Waals surface area contributed by atoms with Crippen molar-refractivity contribution in [2.75, 3.05) is 106 Å². The fourth-order valence-electron chi connectivity index (χ4n) is 2.53. The highest BCUT2D eigenvalue weighted by molar-refractivity contribution is 5.70. The third-order valence-electron chi connectivity index (χ3n) is 4.10. The minimum atomic E-state index is -0.314. The van der Waals surface area contributed by atoms with E-state index in [1.165, 1.54) is 0 Å². The molecule has 0 bridgehead atoms. The molecule has 0 unspecified atom stereocenters. The summed E-state index contributed by atoms with van der Waals surface area (Å²) < 4.78 is 42.3. The van der Waals surface area contributed by atoms with Crippen LogP contribution in [0.15, 0.2) is 0 Å². The summed E-state index contributed by atoms with van der Waals surface area (Å²) in [6.07, 6.45) is 1.73. The Morgan fingerprint density at radius 1 is 0.667 bits per heavy atom. The normalized spacial score (nSPS) is 14.8. The first-order valence-corrected chi connectivity index (χ1v) is 10.7. The standard InChI is InChI=1S/C20H39NO9/c1-23-6-7-24-8-9-25-10-11-26-12-13-27-14-15-28-16-17-29-18-20(22)30-19-2-4-21-5-3-19/h19,21H,2-18H2,1H3. The highest BCUT2D eigenvalue weighted by Crippen LogP contribution is 2.07. The molecule has 0 saturated carbocycles. The summed E-state index contributed by atoms with van der Waals surface area (Å²) in [7, 11) is 1.64. The molecule has 1 heterocycles. The van der Waals surface area contributed by atoms with Crippen molar-refractivity contribution in [3.63, 3.8) is 0 Å². The molecule has 0 amide bonds. The predicted octanol–water partition coefficient (Wildman–Crippen LogP) is 0.0276. The van der Waals surface area contributed by atoms with Crippen molar-refractivity contribution in [1.82, 2.24) is 5.32 Å². The number of methoxy groups -OCH3 is 1. The summed E-state index contributed by atoms with van der Waals surface area (Å²) in [5, 5.41) is 3.23. The molecular weight excluding hydrogens is 398 g/mol. The predicted molar refractivity (Wildman–Crippen MR) is 109 cm³/mol. The average molecular weight is 438 g/mol. The molecule has 1 rings (SSSR count). The van der Waals surface area contributed by atoms with Crippen LogP contribution < -0.4 is 5.32 Å². The van der Waals surface area contributed by atoms with Gasteiger partial charge in [-0.3, -0.25) is 0 Å². The van der Waals surface area contributed by atoms with Gasteiger partial charge < -0.3 is 43.2 Å². The lowest BCUT2D eigenvalue weighted by molar-refractivity contribution is -0.156. The zero-order valence-electron chi connectivity index (χ0n) is 18.3. The fraction of sp³-hybridized carbons (Fsp3) is 0.950. The molecule has 1 N–H and O–H groups in total. The van der Waals surface area contributed by atoms with Crippen molar-refractivity contribution < 1.29 is 42.7 Å². The van der Waals surface area contributed by atoms with Gasteiger partial charge >= 0.3 is 5.97 Å². The molecule has 0 aromatic heterocycles. The SMILES string of the molecule is COCCOCCOCCOCCOCCOCCOCC(=O)OC1CCNCC1. The van der Waals surface area contributed by atoms with Crippen molar-refractivity contribution in [3.05, 3.63) is 0 Å². The van der Waals surface area contributed by atoms with E-state index in [0.717, 1.165) is 25.9 Å². The highest BCUT2D eigenvalue weighted by Gasteiger charge is 2.17. The largest absolute Gasteiger partial charge is 0.461 e. The average Bonchev–Trinajstić information content (AvgIpc) is 2.76. The first kappa shape index (κ1) is 27.2. The van der Waals surface area contributed by atoms with Gasteiger partial charge in [0.15, 0.2) is 0 Å². The maximum absolute atomic E-state index is 11.6. The van der Waals surface area contributed by atoms with Gasteiger partial charge in [0, 0.05) is 7.11 Å². The summed E-state index contributed by atoms with van der Waals surface area (Å²) in [5.74, 6) is -0.314. The molecule has 0 atom stereocenters. The third-order valence-corrected chi connectivity index (χ3v) is 4.10. The van der Waals surface area contributed by atoms with Gasteiger partial charge in [-0.1, -0.05) is 0 Å². The topological polar surface area (TPSA) is 103 Å². The molecule has 178 valence electrons. The molecule has 1 fully saturated rings. The van der Waals surface area contributed by atoms with Gasteiger partial charge in [0.25, 0.3) is 0 Å². The van der Waals surface area contributed by atoms with Gasteiger partial charge in [0.2, 0.25) is 0 Å². The van der Waals surface area contributed by atoms with Crippen LogP contribution in [0.1, 0.15) is 12.8 Å². The molecule has 1 aliphatic heterocycles. The number of carbonyl (C=O) groups is 1. The lowest BCUT2D eigenvalue weighted by atomic mass is 10.1. The number of esters is 1. The van der Waals surface area contributed by atoms with E-state index in [9.17, 15) is 4.79 Å². The first-order chi connectivity index (χ1) is 14.8. The Kier molecular flexibility index (Phi) is 19.4. The van der Waals surface area contributed by atoms with E-state index in [-0.39, 0.29) is 18.7 Å². The van der Waals surface area contributed by atoms with E-state index in [2.05, 4.69) is 5.32 Å². The number of nitrogens with one attached hydrogen (secondary N) is 1. The molecule has 30 heavy (non-hydrogen) atoms. The van der Waals surface area contributed by atoms with Gasteiger partial charge in [-0.2, -0.15) is 0 Å². The fourth-order valence-corrected chi connectivity index (χ4v) is 2.53. The summed E-state index contributed by atoms with van der Waals surface area (Å²) in [5.41, 5.74) is 0. The zero-order chi connectivity index (χ0) is 21.5. The summed E-state index contributed by atoms with van der Waals surface area (Å²) in [6.45, 7) is 7.79. The van der Waals surface area contributed by atoms with Crippen molar-refractivity contribution in [2.45, 2.75) is 18.9 Å². The van der Waals surface area contributed by atoms with Crippen molar-refractivity contribution in [3.8, 4) is 0 Å². The Morgan fingerprint density at radius 3 is 1.50 bits per heavy atom. The van der Waals surface area contributed by atoms with E-state index >= 15 is 0 Å². The minimum absolute atomic E-state index is 0.0121. The van der Waals surface area contributed by atoms with Crippen LogP contribution in [0.2, 0.25) is 0 Å². The molecule has 0 aliphatic carbocycles. The molecule has 0 aromatic rings. The Bertz CT molecular complexity index is 381. The number of carbonyl (C=O) groups excluding carboxylic acids is 1. The molecule has 1 saturated heterocycles. The van der Waals surface area contributed by atoms with Crippen molar-refractivity contribution in [2.24, 2.45) is 0 Å². The number of hydrogen-bond donors (Lipinski definition) is 1. The van der Waals surface area contributed by atoms with Crippen LogP contribution in [0.5, 0.6) is 0 Å². The maximum atomic E-state index is 11.6. The van der Waals surface area contributed by atoms with E-state index in [1.54, 1.807) is 7.11 Å². The molecule has 10 heteroatoms. The molecular formula is C20H39NO9. The quantitative estimate of drug-likeness (QED) is 0.195. The summed E-state index contributed by atoms with van der Waals surface area (Å²) >= 11 is 0. The van der Waals surface area contributed by atoms with E-state index in [0.29, 0.717) is 79.3 Å². The molecule has 0 spiro atoms. The van der Waals surface area contributed by atoms with Crippen LogP contribution in [0.3, 0.4) is 0 Å². The Hall–Kier alpha value is -0.850. The second kappa shape index (κ2) is 21.4. The van der Waals surface area contributed by atoms with E-state index < -0.39 is 0 Å². The van der Waals surface area contributed by atoms with Gasteiger partial charge in [-0.05, 0) is 25.9 Å². The van der Waals surface area contributed by atoms with Crippen LogP contribution in [-0.2, 0) is 42.7 Å². The lowest BCUT2D eigenvalue weighted by Crippen LogP contribution is -2.34. The van der Waals surface area contributed by atoms with Gasteiger partial charge in [0.05, 0.1) is 79.3 Å². The number of ether oxygens (including phenoxy) is 8. The smallest absolute Gasteiger partial charge is 0.332 e. The summed E-state index contributed by atoms with van der Waals surface area (Å²) in [4.78, 5) is 11.6. The van der Waals surface area contributed by atoms with Crippen molar-refractivity contribution >= 4 is 5.97 Å². The van der Waals surface area contributed by atoms with E-state index in [1.807, 2.05) is 0 Å². The maximum Gasteiger partial charge on any atom is 0.332 e. The van der Waals surface area contributed by atoms with Crippen LogP contribution in [-0.4, -0.2) is 118 Å². The van der Waals surface area contributed by atoms with Gasteiger partial charge in [0.1, 0.15) is 12.7 Å². The summed E-state index contributed by atoms with van der Waals surface area (Å²) in [6, 6.07) is 0. The van der Waals surface area contributed by atoms with Gasteiger partial charge in [-0.15, -0.1) is 0 Å². The third kappa shape index (κ3) is 18.0. The molecule has 0 aromatic carbocycles.